The van der Waals surface area contributed by atoms with Crippen molar-refractivity contribution in [2.75, 3.05) is 13.1 Å². The van der Waals surface area contributed by atoms with Gasteiger partial charge in [0.05, 0.1) is 4.99 Å². The van der Waals surface area contributed by atoms with Crippen LogP contribution < -0.4 is 5.73 Å². The molecule has 1 heterocycles. The van der Waals surface area contributed by atoms with Crippen molar-refractivity contribution in [3.05, 3.63) is 0 Å². The first-order valence-electron chi connectivity index (χ1n) is 5.72. The lowest BCUT2D eigenvalue weighted by Crippen LogP contribution is -2.43. The van der Waals surface area contributed by atoms with Crippen molar-refractivity contribution in [1.82, 2.24) is 4.90 Å². The van der Waals surface area contributed by atoms with Crippen LogP contribution >= 0.6 is 12.2 Å². The number of hydrogen-bond acceptors (Lipinski definition) is 2. The van der Waals surface area contributed by atoms with E-state index in [9.17, 15) is 4.79 Å². The monoisotopic (exact) mass is 228 g/mol. The molecule has 0 aliphatic carbocycles. The molecule has 1 atom stereocenters. The van der Waals surface area contributed by atoms with Crippen molar-refractivity contribution in [2.24, 2.45) is 11.7 Å². The third-order valence-electron chi connectivity index (χ3n) is 2.92. The molecule has 1 amide bonds. The van der Waals surface area contributed by atoms with Crippen LogP contribution in [-0.2, 0) is 4.79 Å². The molecule has 1 unspecified atom stereocenters. The zero-order valence-corrected chi connectivity index (χ0v) is 10.2. The Bertz CT molecular complexity index is 243. The van der Waals surface area contributed by atoms with Gasteiger partial charge >= 0.3 is 0 Å². The molecule has 4 heteroatoms. The number of carbonyl (C=O) groups excluding carboxylic acids is 1. The summed E-state index contributed by atoms with van der Waals surface area (Å²) in [5.74, 6) is 0.497. The number of nitrogens with zero attached hydrogens (tertiary/aromatic N) is 1. The second-order valence-electron chi connectivity index (χ2n) is 4.18. The van der Waals surface area contributed by atoms with Gasteiger partial charge in [-0.3, -0.25) is 4.79 Å². The molecular formula is C11H20N2OS. The van der Waals surface area contributed by atoms with Crippen molar-refractivity contribution in [2.45, 2.75) is 39.0 Å². The molecule has 1 aliphatic rings. The molecule has 15 heavy (non-hydrogen) atoms. The van der Waals surface area contributed by atoms with Crippen LogP contribution in [-0.4, -0.2) is 28.9 Å². The first-order valence-corrected chi connectivity index (χ1v) is 6.13. The maximum Gasteiger partial charge on any atom is 0.222 e. The van der Waals surface area contributed by atoms with E-state index in [1.54, 1.807) is 0 Å². The predicted molar refractivity (Wildman–Crippen MR) is 65.6 cm³/mol. The predicted octanol–water partition coefficient (Wildman–Crippen LogP) is 1.70. The smallest absolute Gasteiger partial charge is 0.222 e. The number of rotatable bonds is 4. The van der Waals surface area contributed by atoms with E-state index in [1.165, 1.54) is 0 Å². The van der Waals surface area contributed by atoms with Crippen LogP contribution in [0.3, 0.4) is 0 Å². The fourth-order valence-electron chi connectivity index (χ4n) is 1.92. The van der Waals surface area contributed by atoms with Crippen LogP contribution in [0, 0.1) is 5.92 Å². The molecule has 1 fully saturated rings. The molecule has 1 rings (SSSR count). The van der Waals surface area contributed by atoms with Gasteiger partial charge in [0.15, 0.2) is 0 Å². The highest BCUT2D eigenvalue weighted by molar-refractivity contribution is 7.80. The van der Waals surface area contributed by atoms with E-state index < -0.39 is 0 Å². The van der Waals surface area contributed by atoms with Crippen LogP contribution in [0.5, 0.6) is 0 Å². The number of amides is 1. The van der Waals surface area contributed by atoms with Crippen molar-refractivity contribution < 1.29 is 4.79 Å². The van der Waals surface area contributed by atoms with E-state index in [1.807, 2.05) is 4.90 Å². The van der Waals surface area contributed by atoms with Gasteiger partial charge in [-0.05, 0) is 19.3 Å². The summed E-state index contributed by atoms with van der Waals surface area (Å²) in [4.78, 5) is 14.2. The van der Waals surface area contributed by atoms with Gasteiger partial charge in [-0.25, -0.2) is 0 Å². The van der Waals surface area contributed by atoms with E-state index >= 15 is 0 Å². The molecular weight excluding hydrogens is 208 g/mol. The first-order chi connectivity index (χ1) is 7.15. The lowest BCUT2D eigenvalue weighted by molar-refractivity contribution is -0.132. The minimum absolute atomic E-state index is 0.235. The van der Waals surface area contributed by atoms with Crippen molar-refractivity contribution in [3.63, 3.8) is 0 Å². The number of likely N-dealkylation sites (tertiary alicyclic amines) is 1. The Morgan fingerprint density at radius 1 is 1.60 bits per heavy atom. The zero-order valence-electron chi connectivity index (χ0n) is 9.37. The van der Waals surface area contributed by atoms with Crippen molar-refractivity contribution >= 4 is 23.1 Å². The number of unbranched alkanes of at least 4 members (excludes halogenated alkanes) is 1. The molecule has 0 aromatic carbocycles. The Kier molecular flexibility index (Phi) is 5.02. The minimum Gasteiger partial charge on any atom is -0.393 e. The Morgan fingerprint density at radius 2 is 2.33 bits per heavy atom. The molecule has 0 saturated carbocycles. The second-order valence-corrected chi connectivity index (χ2v) is 4.66. The van der Waals surface area contributed by atoms with Crippen LogP contribution in [0.25, 0.3) is 0 Å². The first kappa shape index (κ1) is 12.4. The van der Waals surface area contributed by atoms with Gasteiger partial charge in [0, 0.05) is 25.4 Å². The highest BCUT2D eigenvalue weighted by Gasteiger charge is 2.24. The number of piperidine rings is 1. The molecule has 0 bridgehead atoms. The quantitative estimate of drug-likeness (QED) is 0.745. The van der Waals surface area contributed by atoms with Crippen LogP contribution in [0.15, 0.2) is 0 Å². The Labute approximate surface area is 97.0 Å². The van der Waals surface area contributed by atoms with Crippen LogP contribution in [0.4, 0.5) is 0 Å². The summed E-state index contributed by atoms with van der Waals surface area (Å²) in [5, 5.41) is 0. The molecule has 86 valence electrons. The largest absolute Gasteiger partial charge is 0.393 e. The van der Waals surface area contributed by atoms with Crippen molar-refractivity contribution in [1.29, 1.82) is 0 Å². The van der Waals surface area contributed by atoms with E-state index in [0.29, 0.717) is 11.4 Å². The summed E-state index contributed by atoms with van der Waals surface area (Å²) in [6, 6.07) is 0. The molecule has 0 radical (unpaired) electrons. The summed E-state index contributed by atoms with van der Waals surface area (Å²) in [7, 11) is 0. The van der Waals surface area contributed by atoms with Crippen LogP contribution in [0.1, 0.15) is 39.0 Å². The minimum atomic E-state index is 0.235. The van der Waals surface area contributed by atoms with E-state index in [4.69, 9.17) is 18.0 Å². The maximum absolute atomic E-state index is 11.8. The molecule has 2 N–H and O–H groups in total. The fraction of sp³-hybridized carbons (Fsp3) is 0.818. The molecule has 1 saturated heterocycles. The molecule has 0 aromatic heterocycles. The van der Waals surface area contributed by atoms with Gasteiger partial charge < -0.3 is 10.6 Å². The van der Waals surface area contributed by atoms with Gasteiger partial charge in [-0.15, -0.1) is 0 Å². The standard InChI is InChI=1S/C11H20N2OS/c1-2-3-6-10(14)13-7-4-5-9(8-13)11(12)15/h9H,2-8H2,1H3,(H2,12,15). The van der Waals surface area contributed by atoms with E-state index in [0.717, 1.165) is 38.8 Å². The number of thiocarbonyl (C=S) groups is 1. The highest BCUT2D eigenvalue weighted by atomic mass is 32.1. The number of nitrogens with two attached hydrogens (primary N) is 1. The summed E-state index contributed by atoms with van der Waals surface area (Å²) in [6.07, 6.45) is 4.78. The maximum atomic E-state index is 11.8. The molecule has 1 aliphatic heterocycles. The van der Waals surface area contributed by atoms with Crippen LogP contribution in [0.2, 0.25) is 0 Å². The average Bonchev–Trinajstić information content (AvgIpc) is 2.26. The SMILES string of the molecule is CCCCC(=O)N1CCCC(C(N)=S)C1. The van der Waals surface area contributed by atoms with Gasteiger partial charge in [0.2, 0.25) is 5.91 Å². The summed E-state index contributed by atoms with van der Waals surface area (Å²) < 4.78 is 0. The number of carbonyl (C=O) groups is 1. The van der Waals surface area contributed by atoms with Gasteiger partial charge in [-0.1, -0.05) is 25.6 Å². The molecule has 0 spiro atoms. The molecule has 3 nitrogen and oxygen atoms in total. The third kappa shape index (κ3) is 3.78. The topological polar surface area (TPSA) is 46.3 Å². The zero-order chi connectivity index (χ0) is 11.3. The number of hydrogen-bond donors (Lipinski definition) is 1. The summed E-state index contributed by atoms with van der Waals surface area (Å²) >= 11 is 4.98. The highest BCUT2D eigenvalue weighted by Crippen LogP contribution is 2.17. The Hall–Kier alpha value is -0.640. The Morgan fingerprint density at radius 3 is 2.93 bits per heavy atom. The fourth-order valence-corrected chi connectivity index (χ4v) is 2.11. The average molecular weight is 228 g/mol. The van der Waals surface area contributed by atoms with Crippen molar-refractivity contribution in [3.8, 4) is 0 Å². The summed E-state index contributed by atoms with van der Waals surface area (Å²) in [5.41, 5.74) is 5.62. The summed E-state index contributed by atoms with van der Waals surface area (Å²) in [6.45, 7) is 3.71. The molecule has 0 aromatic rings. The van der Waals surface area contributed by atoms with Gasteiger partial charge in [-0.2, -0.15) is 0 Å². The van der Waals surface area contributed by atoms with Gasteiger partial charge in [0.1, 0.15) is 0 Å². The lowest BCUT2D eigenvalue weighted by Gasteiger charge is -2.32. The van der Waals surface area contributed by atoms with Gasteiger partial charge in [0.25, 0.3) is 0 Å². The second kappa shape index (κ2) is 6.05. The van der Waals surface area contributed by atoms with E-state index in [-0.39, 0.29) is 11.8 Å². The Balaban J connectivity index is 2.41. The lowest BCUT2D eigenvalue weighted by atomic mass is 9.98. The van der Waals surface area contributed by atoms with E-state index in [2.05, 4.69) is 6.92 Å². The normalized spacial score (nSPS) is 21.4. The third-order valence-corrected chi connectivity index (χ3v) is 3.25.